The van der Waals surface area contributed by atoms with Crippen LogP contribution in [0.4, 0.5) is 5.69 Å². The average Bonchev–Trinajstić information content (AvgIpc) is 2.22. The molecule has 0 aromatic carbocycles. The Morgan fingerprint density at radius 2 is 2.06 bits per heavy atom. The second kappa shape index (κ2) is 5.25. The highest BCUT2D eigenvalue weighted by molar-refractivity contribution is 6.37. The van der Waals surface area contributed by atoms with Crippen molar-refractivity contribution in [1.29, 1.82) is 0 Å². The maximum atomic E-state index is 11.3. The molecule has 5 heteroatoms. The molecular weight excluding hydrogens is 208 g/mol. The molecule has 0 spiro atoms. The van der Waals surface area contributed by atoms with Gasteiger partial charge in [-0.05, 0) is 32.9 Å². The van der Waals surface area contributed by atoms with E-state index in [1.165, 1.54) is 0 Å². The lowest BCUT2D eigenvalue weighted by molar-refractivity contribution is -0.152. The molecule has 0 saturated heterocycles. The molecule has 1 heterocycles. The van der Waals surface area contributed by atoms with E-state index >= 15 is 0 Å². The first-order valence-corrected chi connectivity index (χ1v) is 4.97. The van der Waals surface area contributed by atoms with Gasteiger partial charge in [-0.1, -0.05) is 0 Å². The van der Waals surface area contributed by atoms with Crippen molar-refractivity contribution in [3.63, 3.8) is 0 Å². The van der Waals surface area contributed by atoms with Crippen molar-refractivity contribution >= 4 is 17.6 Å². The van der Waals surface area contributed by atoms with Gasteiger partial charge in [-0.25, -0.2) is 4.79 Å². The molecule has 0 unspecified atom stereocenters. The third-order valence-electron chi connectivity index (χ3n) is 1.93. The highest BCUT2D eigenvalue weighted by Crippen LogP contribution is 2.12. The molecule has 1 aromatic rings. The lowest BCUT2D eigenvalue weighted by Gasteiger charge is -2.07. The topological polar surface area (TPSA) is 68.3 Å². The van der Waals surface area contributed by atoms with Gasteiger partial charge in [0.15, 0.2) is 0 Å². The van der Waals surface area contributed by atoms with Crippen LogP contribution in [0.1, 0.15) is 18.3 Å². The summed E-state index contributed by atoms with van der Waals surface area (Å²) in [5.74, 6) is -1.67. The molecule has 5 nitrogen and oxygen atoms in total. The molecule has 1 N–H and O–H groups in total. The Balaban J connectivity index is 2.73. The monoisotopic (exact) mass is 222 g/mol. The van der Waals surface area contributed by atoms with E-state index in [4.69, 9.17) is 0 Å². The van der Waals surface area contributed by atoms with Crippen LogP contribution in [0, 0.1) is 13.8 Å². The minimum Gasteiger partial charge on any atom is -0.459 e. The lowest BCUT2D eigenvalue weighted by atomic mass is 10.2. The van der Waals surface area contributed by atoms with Crippen LogP contribution < -0.4 is 5.32 Å². The normalized spacial score (nSPS) is 9.69. The van der Waals surface area contributed by atoms with E-state index in [1.54, 1.807) is 26.0 Å². The fraction of sp³-hybridized carbons (Fsp3) is 0.364. The summed E-state index contributed by atoms with van der Waals surface area (Å²) in [6.45, 7) is 5.43. The minimum atomic E-state index is -0.887. The van der Waals surface area contributed by atoms with Crippen LogP contribution >= 0.6 is 0 Å². The summed E-state index contributed by atoms with van der Waals surface area (Å²) >= 11 is 0. The molecular formula is C11H14N2O3. The maximum Gasteiger partial charge on any atom is 0.397 e. The van der Waals surface area contributed by atoms with Gasteiger partial charge in [0.1, 0.15) is 0 Å². The first kappa shape index (κ1) is 12.2. The van der Waals surface area contributed by atoms with Crippen molar-refractivity contribution < 1.29 is 14.3 Å². The molecule has 1 amide bonds. The SMILES string of the molecule is CCOC(=O)C(=O)Nc1ccc(C)nc1C. The van der Waals surface area contributed by atoms with Gasteiger partial charge in [0, 0.05) is 5.69 Å². The molecule has 0 radical (unpaired) electrons. The highest BCUT2D eigenvalue weighted by Gasteiger charge is 2.15. The number of carbonyl (C=O) groups excluding carboxylic acids is 2. The number of aromatic nitrogens is 1. The van der Waals surface area contributed by atoms with Gasteiger partial charge in [-0.15, -0.1) is 0 Å². The predicted octanol–water partition coefficient (Wildman–Crippen LogP) is 1.20. The van der Waals surface area contributed by atoms with Crippen LogP contribution in [-0.2, 0) is 14.3 Å². The van der Waals surface area contributed by atoms with Crippen molar-refractivity contribution in [3.8, 4) is 0 Å². The summed E-state index contributed by atoms with van der Waals surface area (Å²) in [6.07, 6.45) is 0. The quantitative estimate of drug-likeness (QED) is 0.603. The van der Waals surface area contributed by atoms with E-state index < -0.39 is 11.9 Å². The number of anilines is 1. The van der Waals surface area contributed by atoms with Gasteiger partial charge in [0.05, 0.1) is 18.0 Å². The minimum absolute atomic E-state index is 0.178. The number of hydrogen-bond acceptors (Lipinski definition) is 4. The number of carbonyl (C=O) groups is 2. The Morgan fingerprint density at radius 1 is 1.38 bits per heavy atom. The van der Waals surface area contributed by atoms with E-state index in [0.29, 0.717) is 11.4 Å². The van der Waals surface area contributed by atoms with Gasteiger partial charge in [0.25, 0.3) is 0 Å². The summed E-state index contributed by atoms with van der Waals surface area (Å²) in [6, 6.07) is 3.46. The van der Waals surface area contributed by atoms with E-state index in [-0.39, 0.29) is 6.61 Å². The van der Waals surface area contributed by atoms with E-state index in [0.717, 1.165) is 5.69 Å². The summed E-state index contributed by atoms with van der Waals surface area (Å²) in [4.78, 5) is 26.6. The molecule has 0 fully saturated rings. The van der Waals surface area contributed by atoms with Crippen molar-refractivity contribution in [1.82, 2.24) is 4.98 Å². The molecule has 1 aromatic heterocycles. The fourth-order valence-electron chi connectivity index (χ4n) is 1.19. The number of hydrogen-bond donors (Lipinski definition) is 1. The third kappa shape index (κ3) is 3.05. The maximum absolute atomic E-state index is 11.3. The average molecular weight is 222 g/mol. The van der Waals surface area contributed by atoms with Crippen LogP contribution in [-0.4, -0.2) is 23.5 Å². The predicted molar refractivity (Wildman–Crippen MR) is 59.0 cm³/mol. The smallest absolute Gasteiger partial charge is 0.397 e. The molecule has 86 valence electrons. The summed E-state index contributed by atoms with van der Waals surface area (Å²) < 4.78 is 4.57. The highest BCUT2D eigenvalue weighted by atomic mass is 16.5. The zero-order chi connectivity index (χ0) is 12.1. The van der Waals surface area contributed by atoms with Crippen molar-refractivity contribution in [3.05, 3.63) is 23.5 Å². The molecule has 1 rings (SSSR count). The van der Waals surface area contributed by atoms with Crippen LogP contribution in [0.3, 0.4) is 0 Å². The molecule has 0 saturated carbocycles. The molecule has 0 bridgehead atoms. The zero-order valence-corrected chi connectivity index (χ0v) is 9.53. The summed E-state index contributed by atoms with van der Waals surface area (Å²) in [5.41, 5.74) is 2.04. The van der Waals surface area contributed by atoms with Crippen molar-refractivity contribution in [2.75, 3.05) is 11.9 Å². The number of aryl methyl sites for hydroxylation is 2. The number of rotatable bonds is 2. The van der Waals surface area contributed by atoms with Gasteiger partial charge in [0.2, 0.25) is 0 Å². The van der Waals surface area contributed by atoms with Gasteiger partial charge < -0.3 is 10.1 Å². The van der Waals surface area contributed by atoms with E-state index in [1.807, 2.05) is 6.92 Å². The number of pyridine rings is 1. The van der Waals surface area contributed by atoms with Crippen LogP contribution in [0.5, 0.6) is 0 Å². The standard InChI is InChI=1S/C11H14N2O3/c1-4-16-11(15)10(14)13-9-6-5-7(2)12-8(9)3/h5-6H,4H2,1-3H3,(H,13,14). The van der Waals surface area contributed by atoms with Crippen LogP contribution in [0.2, 0.25) is 0 Å². The summed E-state index contributed by atoms with van der Waals surface area (Å²) in [7, 11) is 0. The largest absolute Gasteiger partial charge is 0.459 e. The lowest BCUT2D eigenvalue weighted by Crippen LogP contribution is -2.25. The van der Waals surface area contributed by atoms with E-state index in [2.05, 4.69) is 15.0 Å². The molecule has 16 heavy (non-hydrogen) atoms. The molecule has 0 aliphatic rings. The first-order valence-electron chi connectivity index (χ1n) is 4.97. The van der Waals surface area contributed by atoms with Crippen LogP contribution in [0.15, 0.2) is 12.1 Å². The van der Waals surface area contributed by atoms with Crippen LogP contribution in [0.25, 0.3) is 0 Å². The Morgan fingerprint density at radius 3 is 2.62 bits per heavy atom. The van der Waals surface area contributed by atoms with Gasteiger partial charge in [-0.2, -0.15) is 0 Å². The molecule has 0 aliphatic heterocycles. The Hall–Kier alpha value is -1.91. The number of ether oxygens (including phenoxy) is 1. The molecule has 0 aliphatic carbocycles. The van der Waals surface area contributed by atoms with Gasteiger partial charge >= 0.3 is 11.9 Å². The van der Waals surface area contributed by atoms with Crippen molar-refractivity contribution in [2.45, 2.75) is 20.8 Å². The Labute approximate surface area is 93.8 Å². The second-order valence-corrected chi connectivity index (χ2v) is 3.26. The van der Waals surface area contributed by atoms with Crippen molar-refractivity contribution in [2.24, 2.45) is 0 Å². The zero-order valence-electron chi connectivity index (χ0n) is 9.53. The second-order valence-electron chi connectivity index (χ2n) is 3.26. The molecule has 0 atom stereocenters. The fourth-order valence-corrected chi connectivity index (χ4v) is 1.19. The van der Waals surface area contributed by atoms with Gasteiger partial charge in [-0.3, -0.25) is 9.78 Å². The van der Waals surface area contributed by atoms with E-state index in [9.17, 15) is 9.59 Å². The number of esters is 1. The number of nitrogens with one attached hydrogen (secondary N) is 1. The number of nitrogens with zero attached hydrogens (tertiary/aromatic N) is 1. The third-order valence-corrected chi connectivity index (χ3v) is 1.93. The Bertz CT molecular complexity index is 416. The number of amides is 1. The Kier molecular flexibility index (Phi) is 3.99. The first-order chi connectivity index (χ1) is 7.54. The summed E-state index contributed by atoms with van der Waals surface area (Å²) in [5, 5.41) is 2.45.